The van der Waals surface area contributed by atoms with Gasteiger partial charge in [-0.15, -0.1) is 0 Å². The van der Waals surface area contributed by atoms with Crippen LogP contribution in [0.3, 0.4) is 0 Å². The van der Waals surface area contributed by atoms with Crippen LogP contribution in [-0.2, 0) is 13.1 Å². The minimum atomic E-state index is -0.588. The fraction of sp³-hybridized carbons (Fsp3) is 0.167. The number of pyridine rings is 2. The summed E-state index contributed by atoms with van der Waals surface area (Å²) in [6.45, 7) is 2.75. The minimum Gasteiger partial charge on any atom is -0.339 e. The van der Waals surface area contributed by atoms with E-state index >= 15 is 0 Å². The van der Waals surface area contributed by atoms with Gasteiger partial charge in [0.05, 0.1) is 23.6 Å². The van der Waals surface area contributed by atoms with E-state index in [1.54, 1.807) is 4.52 Å². The molecule has 5 rings (SSSR count). The van der Waals surface area contributed by atoms with E-state index in [-0.39, 0.29) is 0 Å². The average molecular weight is 445 g/mol. The second kappa shape index (κ2) is 8.51. The van der Waals surface area contributed by atoms with Gasteiger partial charge in [0.2, 0.25) is 0 Å². The molecule has 5 aromatic rings. The third kappa shape index (κ3) is 4.49. The van der Waals surface area contributed by atoms with Crippen LogP contribution in [0.5, 0.6) is 0 Å². The molecule has 1 N–H and O–H groups in total. The van der Waals surface area contributed by atoms with Crippen molar-refractivity contribution in [3.05, 3.63) is 89.8 Å². The maximum absolute atomic E-state index is 13.6. The van der Waals surface area contributed by atoms with Crippen molar-refractivity contribution < 1.29 is 8.78 Å². The Kier molecular flexibility index (Phi) is 5.39. The lowest BCUT2D eigenvalue weighted by Crippen LogP contribution is -2.18. The van der Waals surface area contributed by atoms with Crippen molar-refractivity contribution >= 4 is 5.65 Å². The fourth-order valence-electron chi connectivity index (χ4n) is 3.86. The first-order chi connectivity index (χ1) is 15.9. The topological polar surface area (TPSA) is 75.0 Å². The van der Waals surface area contributed by atoms with Crippen LogP contribution in [0.4, 0.5) is 8.78 Å². The summed E-state index contributed by atoms with van der Waals surface area (Å²) >= 11 is 0. The van der Waals surface area contributed by atoms with Crippen molar-refractivity contribution in [1.29, 1.82) is 0 Å². The Hall–Kier alpha value is -3.98. The van der Waals surface area contributed by atoms with E-state index in [2.05, 4.69) is 20.1 Å². The Bertz CT molecular complexity index is 1420. The van der Waals surface area contributed by atoms with Crippen molar-refractivity contribution in [2.45, 2.75) is 20.0 Å². The van der Waals surface area contributed by atoms with Gasteiger partial charge >= 0.3 is 0 Å². The number of nitrogens with one attached hydrogen (secondary N) is 1. The molecule has 0 spiro atoms. The quantitative estimate of drug-likeness (QED) is 0.419. The van der Waals surface area contributed by atoms with Crippen LogP contribution in [0, 0.1) is 18.6 Å². The molecule has 0 bridgehead atoms. The van der Waals surface area contributed by atoms with Gasteiger partial charge in [-0.05, 0) is 55.9 Å². The number of hydrogen-bond donors (Lipinski definition) is 1. The highest BCUT2D eigenvalue weighted by atomic mass is 19.1. The molecule has 4 aromatic heterocycles. The predicted octanol–water partition coefficient (Wildman–Crippen LogP) is 4.40. The predicted molar refractivity (Wildman–Crippen MR) is 120 cm³/mol. The van der Waals surface area contributed by atoms with Crippen LogP contribution in [0.25, 0.3) is 28.3 Å². The summed E-state index contributed by atoms with van der Waals surface area (Å²) in [4.78, 5) is 19.0. The largest absolute Gasteiger partial charge is 0.339 e. The number of imidazole rings is 1. The molecule has 4 heterocycles. The normalized spacial score (nSPS) is 11.5. The number of halogens is 2. The molecule has 0 aliphatic carbocycles. The third-order valence-corrected chi connectivity index (χ3v) is 5.24. The Morgan fingerprint density at radius 3 is 2.61 bits per heavy atom. The maximum atomic E-state index is 13.6. The van der Waals surface area contributed by atoms with Crippen LogP contribution in [0.15, 0.2) is 61.1 Å². The van der Waals surface area contributed by atoms with Crippen LogP contribution in [0.2, 0.25) is 0 Å². The van der Waals surface area contributed by atoms with E-state index < -0.39 is 11.6 Å². The number of aryl methyl sites for hydroxylation is 1. The molecule has 166 valence electrons. The lowest BCUT2D eigenvalue weighted by Gasteiger charge is -2.15. The lowest BCUT2D eigenvalue weighted by atomic mass is 10.1. The van der Waals surface area contributed by atoms with Gasteiger partial charge in [0.1, 0.15) is 23.8 Å². The Labute approximate surface area is 188 Å². The van der Waals surface area contributed by atoms with Crippen molar-refractivity contribution in [3.8, 4) is 22.6 Å². The highest BCUT2D eigenvalue weighted by Gasteiger charge is 2.17. The molecule has 1 aromatic carbocycles. The van der Waals surface area contributed by atoms with Gasteiger partial charge in [-0.1, -0.05) is 6.07 Å². The van der Waals surface area contributed by atoms with Crippen LogP contribution >= 0.6 is 0 Å². The summed E-state index contributed by atoms with van der Waals surface area (Å²) in [7, 11) is 1.87. The first kappa shape index (κ1) is 20.9. The van der Waals surface area contributed by atoms with Crippen LogP contribution in [-0.4, -0.2) is 41.5 Å². The van der Waals surface area contributed by atoms with E-state index in [1.165, 1.54) is 18.5 Å². The number of aromatic amines is 1. The third-order valence-electron chi connectivity index (χ3n) is 5.24. The van der Waals surface area contributed by atoms with Gasteiger partial charge in [-0.3, -0.25) is 9.88 Å². The summed E-state index contributed by atoms with van der Waals surface area (Å²) in [6, 6.07) is 13.2. The summed E-state index contributed by atoms with van der Waals surface area (Å²) in [5.41, 5.74) is 5.36. The first-order valence-corrected chi connectivity index (χ1v) is 10.4. The van der Waals surface area contributed by atoms with E-state index in [0.717, 1.165) is 40.1 Å². The number of benzene rings is 1. The Morgan fingerprint density at radius 2 is 1.82 bits per heavy atom. The zero-order valence-electron chi connectivity index (χ0n) is 18.1. The summed E-state index contributed by atoms with van der Waals surface area (Å²) in [5, 5.41) is 4.22. The van der Waals surface area contributed by atoms with Crippen LogP contribution in [0.1, 0.15) is 17.1 Å². The molecular formula is C24H21F2N7. The highest BCUT2D eigenvalue weighted by Crippen LogP contribution is 2.30. The van der Waals surface area contributed by atoms with E-state index in [4.69, 9.17) is 4.98 Å². The monoisotopic (exact) mass is 445 g/mol. The van der Waals surface area contributed by atoms with E-state index in [9.17, 15) is 8.78 Å². The van der Waals surface area contributed by atoms with Gasteiger partial charge in [0, 0.05) is 30.1 Å². The van der Waals surface area contributed by atoms with Gasteiger partial charge in [-0.25, -0.2) is 23.3 Å². The molecule has 0 aliphatic heterocycles. The second-order valence-corrected chi connectivity index (χ2v) is 8.00. The van der Waals surface area contributed by atoms with Gasteiger partial charge in [-0.2, -0.15) is 5.10 Å². The summed E-state index contributed by atoms with van der Waals surface area (Å²) in [6.07, 6.45) is 3.38. The molecule has 9 heteroatoms. The second-order valence-electron chi connectivity index (χ2n) is 8.00. The fourth-order valence-corrected chi connectivity index (χ4v) is 3.86. The van der Waals surface area contributed by atoms with Gasteiger partial charge in [0.15, 0.2) is 5.65 Å². The van der Waals surface area contributed by atoms with E-state index in [1.807, 2.05) is 55.4 Å². The highest BCUT2D eigenvalue weighted by molar-refractivity contribution is 5.77. The maximum Gasteiger partial charge on any atom is 0.155 e. The number of aromatic nitrogens is 6. The molecule has 0 amide bonds. The molecule has 0 aliphatic rings. The summed E-state index contributed by atoms with van der Waals surface area (Å²) in [5.74, 6) is -0.466. The zero-order valence-corrected chi connectivity index (χ0v) is 18.1. The van der Waals surface area contributed by atoms with Crippen molar-refractivity contribution in [1.82, 2.24) is 34.4 Å². The molecule has 0 atom stereocenters. The molecule has 0 saturated heterocycles. The molecular weight excluding hydrogens is 424 g/mol. The average Bonchev–Trinajstić information content (AvgIpc) is 3.39. The number of nitrogens with zero attached hydrogens (tertiary/aromatic N) is 6. The van der Waals surface area contributed by atoms with E-state index in [0.29, 0.717) is 24.5 Å². The number of fused-ring (bicyclic) bond motifs is 1. The molecule has 0 unspecified atom stereocenters. The number of hydrogen-bond acceptors (Lipinski definition) is 5. The lowest BCUT2D eigenvalue weighted by molar-refractivity contribution is 0.310. The molecule has 0 fully saturated rings. The first-order valence-electron chi connectivity index (χ1n) is 10.4. The minimum absolute atomic E-state index is 0.369. The Balaban J connectivity index is 1.49. The van der Waals surface area contributed by atoms with Crippen molar-refractivity contribution in [3.63, 3.8) is 0 Å². The standard InChI is InChI=1S/C24H21F2N7/c1-15-4-3-5-20(29-15)24-23(17-6-7-22-27-14-28-33(22)12-17)30-21(31-24)13-32(2)11-16-8-18(25)10-19(26)9-16/h3-10,12,14H,11,13H2,1-2H3,(H,30,31). The summed E-state index contributed by atoms with van der Waals surface area (Å²) < 4.78 is 28.8. The number of H-pyrrole nitrogens is 1. The molecule has 7 nitrogen and oxygen atoms in total. The van der Waals surface area contributed by atoms with Crippen molar-refractivity contribution in [2.75, 3.05) is 7.05 Å². The van der Waals surface area contributed by atoms with Crippen molar-refractivity contribution in [2.24, 2.45) is 0 Å². The Morgan fingerprint density at radius 1 is 1.00 bits per heavy atom. The van der Waals surface area contributed by atoms with Gasteiger partial charge in [0.25, 0.3) is 0 Å². The SMILES string of the molecule is Cc1cccc(-c2[nH]c(CN(C)Cc3cc(F)cc(F)c3)nc2-c2ccc3ncnn3c2)n1. The number of rotatable bonds is 6. The van der Waals surface area contributed by atoms with Gasteiger partial charge < -0.3 is 4.98 Å². The smallest absolute Gasteiger partial charge is 0.155 e. The van der Waals surface area contributed by atoms with Crippen LogP contribution < -0.4 is 0 Å². The molecule has 33 heavy (non-hydrogen) atoms. The molecule has 0 radical (unpaired) electrons. The zero-order chi connectivity index (χ0) is 22.9. The molecule has 0 saturated carbocycles.